The first-order valence-electron chi connectivity index (χ1n) is 11.0. The van der Waals surface area contributed by atoms with Crippen LogP contribution in [0.4, 0.5) is 0 Å². The number of aryl methyl sites for hydroxylation is 1. The van der Waals surface area contributed by atoms with Gasteiger partial charge < -0.3 is 19.5 Å². The normalized spacial score (nSPS) is 31.3. The smallest absolute Gasteiger partial charge is 0.270 e. The Morgan fingerprint density at radius 2 is 1.69 bits per heavy atom. The van der Waals surface area contributed by atoms with Gasteiger partial charge in [-0.3, -0.25) is 9.69 Å². The number of carbonyl (C=O) groups is 1. The number of hydrogen-bond acceptors (Lipinski definition) is 4. The van der Waals surface area contributed by atoms with Crippen molar-refractivity contribution in [2.75, 3.05) is 46.3 Å². The van der Waals surface area contributed by atoms with E-state index in [9.17, 15) is 9.90 Å². The average molecular weight is 397 g/mol. The lowest BCUT2D eigenvalue weighted by Crippen LogP contribution is -2.55. The molecule has 29 heavy (non-hydrogen) atoms. The molecule has 0 radical (unpaired) electrons. The lowest BCUT2D eigenvalue weighted by molar-refractivity contribution is -0.0249. The maximum atomic E-state index is 13.3. The molecule has 6 nitrogen and oxygen atoms in total. The minimum atomic E-state index is -0.271. The lowest BCUT2D eigenvalue weighted by atomic mass is 9.77. The molecule has 1 amide bonds. The second-order valence-corrected chi connectivity index (χ2v) is 9.32. The summed E-state index contributed by atoms with van der Waals surface area (Å²) < 4.78 is 2.02. The van der Waals surface area contributed by atoms with Crippen LogP contribution in [-0.2, 0) is 7.05 Å². The number of benzene rings is 1. The highest BCUT2D eigenvalue weighted by Gasteiger charge is 2.45. The number of hydrogen-bond donors (Lipinski definition) is 1. The Kier molecular flexibility index (Phi) is 4.88. The van der Waals surface area contributed by atoms with Crippen LogP contribution in [0.3, 0.4) is 0 Å². The molecule has 1 saturated carbocycles. The van der Waals surface area contributed by atoms with Crippen LogP contribution in [0.15, 0.2) is 30.3 Å². The number of para-hydroxylation sites is 1. The molecule has 0 unspecified atom stereocenters. The van der Waals surface area contributed by atoms with Crippen molar-refractivity contribution in [3.05, 3.63) is 36.0 Å². The van der Waals surface area contributed by atoms with Crippen LogP contribution in [0.1, 0.15) is 23.3 Å². The molecule has 3 fully saturated rings. The Hall–Kier alpha value is -1.89. The third-order valence-electron chi connectivity index (χ3n) is 7.57. The number of aliphatic hydroxyl groups is 1. The second-order valence-electron chi connectivity index (χ2n) is 9.32. The minimum Gasteiger partial charge on any atom is -0.391 e. The van der Waals surface area contributed by atoms with Gasteiger partial charge in [-0.15, -0.1) is 0 Å². The number of amides is 1. The molecule has 1 aromatic heterocycles. The largest absolute Gasteiger partial charge is 0.391 e. The summed E-state index contributed by atoms with van der Waals surface area (Å²) in [5.41, 5.74) is 1.86. The summed E-state index contributed by atoms with van der Waals surface area (Å²) in [6.45, 7) is 5.81. The van der Waals surface area contributed by atoms with Gasteiger partial charge in [0, 0.05) is 63.3 Å². The van der Waals surface area contributed by atoms with Crippen molar-refractivity contribution in [2.24, 2.45) is 18.9 Å². The Labute approximate surface area is 172 Å². The third kappa shape index (κ3) is 3.37. The van der Waals surface area contributed by atoms with E-state index in [0.717, 1.165) is 68.7 Å². The van der Waals surface area contributed by atoms with E-state index in [1.807, 2.05) is 34.7 Å². The van der Waals surface area contributed by atoms with E-state index in [0.29, 0.717) is 11.8 Å². The van der Waals surface area contributed by atoms with Crippen molar-refractivity contribution >= 4 is 16.8 Å². The van der Waals surface area contributed by atoms with E-state index >= 15 is 0 Å². The predicted octanol–water partition coefficient (Wildman–Crippen LogP) is 1.64. The number of nitrogens with zero attached hydrogens (tertiary/aromatic N) is 4. The van der Waals surface area contributed by atoms with Crippen LogP contribution >= 0.6 is 0 Å². The van der Waals surface area contributed by atoms with Crippen LogP contribution in [0.5, 0.6) is 0 Å². The monoisotopic (exact) mass is 396 g/mol. The summed E-state index contributed by atoms with van der Waals surface area (Å²) in [5, 5.41) is 12.0. The van der Waals surface area contributed by atoms with Crippen LogP contribution in [-0.4, -0.2) is 88.7 Å². The van der Waals surface area contributed by atoms with Crippen LogP contribution in [0.25, 0.3) is 10.9 Å². The Morgan fingerprint density at radius 1 is 1.00 bits per heavy atom. The summed E-state index contributed by atoms with van der Waals surface area (Å²) in [5.74, 6) is 1.05. The first kappa shape index (κ1) is 19.1. The van der Waals surface area contributed by atoms with Crippen LogP contribution < -0.4 is 0 Å². The summed E-state index contributed by atoms with van der Waals surface area (Å²) in [7, 11) is 4.14. The molecule has 2 aromatic rings. The molecule has 1 aliphatic carbocycles. The van der Waals surface area contributed by atoms with Crippen molar-refractivity contribution in [1.29, 1.82) is 0 Å². The number of carbonyl (C=O) groups excluding carboxylic acids is 1. The highest BCUT2D eigenvalue weighted by atomic mass is 16.3. The molecule has 3 heterocycles. The summed E-state index contributed by atoms with van der Waals surface area (Å²) in [4.78, 5) is 20.2. The summed E-state index contributed by atoms with van der Waals surface area (Å²) in [6.07, 6.45) is 1.56. The quantitative estimate of drug-likeness (QED) is 0.839. The molecule has 6 heteroatoms. The Balaban J connectivity index is 1.30. The number of rotatable bonds is 2. The second kappa shape index (κ2) is 7.42. The minimum absolute atomic E-state index is 0.128. The van der Waals surface area contributed by atoms with E-state index in [4.69, 9.17) is 0 Å². The van der Waals surface area contributed by atoms with E-state index in [1.54, 1.807) is 0 Å². The molecule has 0 bridgehead atoms. The van der Waals surface area contributed by atoms with Gasteiger partial charge in [-0.2, -0.15) is 0 Å². The highest BCUT2D eigenvalue weighted by Crippen LogP contribution is 2.39. The number of aromatic nitrogens is 1. The molecule has 4 atom stereocenters. The molecule has 5 rings (SSSR count). The fourth-order valence-electron chi connectivity index (χ4n) is 5.78. The van der Waals surface area contributed by atoms with E-state index in [-0.39, 0.29) is 18.1 Å². The molecule has 2 aliphatic heterocycles. The van der Waals surface area contributed by atoms with Crippen LogP contribution in [0, 0.1) is 11.8 Å². The Bertz CT molecular complexity index is 901. The maximum absolute atomic E-state index is 13.3. The topological polar surface area (TPSA) is 52.0 Å². The number of piperazine rings is 1. The van der Waals surface area contributed by atoms with E-state index < -0.39 is 0 Å². The first-order valence-corrected chi connectivity index (χ1v) is 11.0. The maximum Gasteiger partial charge on any atom is 0.270 e. The standard InChI is InChI=1S/C23H32N4O2/c1-24-7-9-26(10-8-24)20-12-17-14-27(15-18(17)13-22(20)28)23(29)21-11-16-5-3-4-6-19(16)25(21)2/h3-6,11,17-18,20,22,28H,7-10,12-15H2,1-2H3/t17-,18+,20-,22-/m1/s1. The highest BCUT2D eigenvalue weighted by molar-refractivity contribution is 5.98. The van der Waals surface area contributed by atoms with Crippen molar-refractivity contribution in [2.45, 2.75) is 25.0 Å². The molecular weight excluding hydrogens is 364 g/mol. The summed E-state index contributed by atoms with van der Waals surface area (Å²) >= 11 is 0. The molecule has 2 saturated heterocycles. The van der Waals surface area contributed by atoms with E-state index in [2.05, 4.69) is 29.0 Å². The van der Waals surface area contributed by atoms with Gasteiger partial charge in [0.2, 0.25) is 0 Å². The molecule has 1 aromatic carbocycles. The Morgan fingerprint density at radius 3 is 2.41 bits per heavy atom. The molecule has 0 spiro atoms. The van der Waals surface area contributed by atoms with Crippen molar-refractivity contribution < 1.29 is 9.90 Å². The summed E-state index contributed by atoms with van der Waals surface area (Å²) in [6, 6.07) is 10.4. The number of likely N-dealkylation sites (tertiary alicyclic amines) is 1. The molecule has 3 aliphatic rings. The molecular formula is C23H32N4O2. The van der Waals surface area contributed by atoms with Gasteiger partial charge in [-0.05, 0) is 43.9 Å². The van der Waals surface area contributed by atoms with Gasteiger partial charge in [-0.1, -0.05) is 18.2 Å². The first-order chi connectivity index (χ1) is 14.0. The van der Waals surface area contributed by atoms with Gasteiger partial charge in [0.25, 0.3) is 5.91 Å². The molecule has 1 N–H and O–H groups in total. The number of aliphatic hydroxyl groups excluding tert-OH is 1. The average Bonchev–Trinajstić information content (AvgIpc) is 3.29. The number of likely N-dealkylation sites (N-methyl/N-ethyl adjacent to an activating group) is 1. The zero-order valence-electron chi connectivity index (χ0n) is 17.5. The van der Waals surface area contributed by atoms with Crippen molar-refractivity contribution in [3.63, 3.8) is 0 Å². The van der Waals surface area contributed by atoms with E-state index in [1.165, 1.54) is 0 Å². The fourth-order valence-corrected chi connectivity index (χ4v) is 5.78. The molecule has 156 valence electrons. The number of fused-ring (bicyclic) bond motifs is 2. The van der Waals surface area contributed by atoms with Gasteiger partial charge in [0.05, 0.1) is 6.10 Å². The SMILES string of the molecule is CN1CCN([C@@H]2C[C@@H]3CN(C(=O)c4cc5ccccc5n4C)C[C@@H]3C[C@H]2O)CC1. The van der Waals surface area contributed by atoms with Gasteiger partial charge in [0.15, 0.2) is 0 Å². The van der Waals surface area contributed by atoms with Gasteiger partial charge >= 0.3 is 0 Å². The van der Waals surface area contributed by atoms with Crippen molar-refractivity contribution in [1.82, 2.24) is 19.3 Å². The predicted molar refractivity (Wildman–Crippen MR) is 114 cm³/mol. The zero-order chi connectivity index (χ0) is 20.1. The van der Waals surface area contributed by atoms with Crippen LogP contribution in [0.2, 0.25) is 0 Å². The third-order valence-corrected chi connectivity index (χ3v) is 7.57. The van der Waals surface area contributed by atoms with Crippen molar-refractivity contribution in [3.8, 4) is 0 Å². The zero-order valence-corrected chi connectivity index (χ0v) is 17.5. The lowest BCUT2D eigenvalue weighted by Gasteiger charge is -2.44. The van der Waals surface area contributed by atoms with Gasteiger partial charge in [-0.25, -0.2) is 0 Å². The fraction of sp³-hybridized carbons (Fsp3) is 0.609. The van der Waals surface area contributed by atoms with Gasteiger partial charge in [0.1, 0.15) is 5.69 Å².